The van der Waals surface area contributed by atoms with Crippen molar-refractivity contribution in [2.24, 2.45) is 0 Å². The third-order valence-corrected chi connectivity index (χ3v) is 10.1. The fraction of sp³-hybridized carbons (Fsp3) is 0.321. The van der Waals surface area contributed by atoms with Crippen molar-refractivity contribution < 1.29 is 35.8 Å². The summed E-state index contributed by atoms with van der Waals surface area (Å²) in [5, 5.41) is 2.64. The molecule has 11 nitrogen and oxygen atoms in total. The molecule has 3 aromatic rings. The summed E-state index contributed by atoms with van der Waals surface area (Å²) in [5.41, 5.74) is 1.14. The van der Waals surface area contributed by atoms with Crippen LogP contribution in [0.15, 0.2) is 76.5 Å². The van der Waals surface area contributed by atoms with Gasteiger partial charge < -0.3 is 19.5 Å². The van der Waals surface area contributed by atoms with Crippen LogP contribution in [-0.2, 0) is 29.6 Å². The zero-order chi connectivity index (χ0) is 29.6. The van der Waals surface area contributed by atoms with Gasteiger partial charge in [-0.1, -0.05) is 29.8 Å². The van der Waals surface area contributed by atoms with E-state index in [0.717, 1.165) is 9.87 Å². The lowest BCUT2D eigenvalue weighted by molar-refractivity contribution is -0.114. The number of rotatable bonds is 11. The van der Waals surface area contributed by atoms with Crippen LogP contribution >= 0.6 is 0 Å². The number of morpholine rings is 1. The maximum Gasteiger partial charge on any atom is 0.264 e. The van der Waals surface area contributed by atoms with E-state index in [1.54, 1.807) is 43.3 Å². The van der Waals surface area contributed by atoms with Gasteiger partial charge in [-0.2, -0.15) is 4.31 Å². The first-order valence-corrected chi connectivity index (χ1v) is 15.8. The largest absolute Gasteiger partial charge is 0.495 e. The molecule has 0 bridgehead atoms. The average Bonchev–Trinajstić information content (AvgIpc) is 2.97. The number of nitrogens with one attached hydrogen (secondary N) is 1. The monoisotopic (exact) mass is 603 g/mol. The highest BCUT2D eigenvalue weighted by atomic mass is 32.2. The second-order valence-corrected chi connectivity index (χ2v) is 13.0. The van der Waals surface area contributed by atoms with Gasteiger partial charge in [-0.05, 0) is 56.3 Å². The molecule has 0 atom stereocenters. The fourth-order valence-corrected chi connectivity index (χ4v) is 7.15. The average molecular weight is 604 g/mol. The van der Waals surface area contributed by atoms with E-state index in [1.807, 2.05) is 6.92 Å². The molecule has 0 aromatic heterocycles. The molecule has 0 saturated carbocycles. The van der Waals surface area contributed by atoms with Crippen molar-refractivity contribution in [1.82, 2.24) is 4.31 Å². The van der Waals surface area contributed by atoms with Crippen LogP contribution in [0.5, 0.6) is 11.5 Å². The molecule has 0 aliphatic carbocycles. The molecule has 1 fully saturated rings. The molecule has 4 rings (SSSR count). The highest BCUT2D eigenvalue weighted by Gasteiger charge is 2.31. The Balaban J connectivity index is 1.69. The van der Waals surface area contributed by atoms with E-state index in [-0.39, 0.29) is 65.6 Å². The number of amides is 1. The number of sulfonamides is 2. The van der Waals surface area contributed by atoms with Crippen LogP contribution in [0.2, 0.25) is 0 Å². The minimum absolute atomic E-state index is 0.00150. The van der Waals surface area contributed by atoms with Gasteiger partial charge in [0.05, 0.1) is 48.1 Å². The third kappa shape index (κ3) is 6.81. The summed E-state index contributed by atoms with van der Waals surface area (Å²) in [5.74, 6) is -0.220. The smallest absolute Gasteiger partial charge is 0.264 e. The summed E-state index contributed by atoms with van der Waals surface area (Å²) in [6, 6.07) is 17.0. The number of aryl methyl sites for hydroxylation is 1. The van der Waals surface area contributed by atoms with Crippen LogP contribution < -0.4 is 19.1 Å². The van der Waals surface area contributed by atoms with Crippen molar-refractivity contribution in [3.8, 4) is 11.5 Å². The molecule has 0 unspecified atom stereocenters. The van der Waals surface area contributed by atoms with E-state index in [0.29, 0.717) is 0 Å². The lowest BCUT2D eigenvalue weighted by atomic mass is 10.2. The second-order valence-electron chi connectivity index (χ2n) is 9.15. The van der Waals surface area contributed by atoms with E-state index in [1.165, 1.54) is 41.7 Å². The molecule has 0 radical (unpaired) electrons. The van der Waals surface area contributed by atoms with E-state index in [2.05, 4.69) is 5.32 Å². The molecular formula is C28H33N3O8S2. The van der Waals surface area contributed by atoms with Gasteiger partial charge in [0.2, 0.25) is 15.9 Å². The molecule has 1 heterocycles. The number of hydrogen-bond acceptors (Lipinski definition) is 8. The van der Waals surface area contributed by atoms with Crippen LogP contribution in [0, 0.1) is 6.92 Å². The molecule has 13 heteroatoms. The quantitative estimate of drug-likeness (QED) is 0.353. The minimum Gasteiger partial charge on any atom is -0.495 e. The Hall–Kier alpha value is -3.65. The standard InChI is InChI=1S/C28H33N3O8S2/c1-4-39-27-8-6-5-7-25(27)31(41(35,36)22-11-9-21(2)10-12-22)20-28(32)29-24-19-23(13-14-26(24)37-3)40(33,34)30-15-17-38-18-16-30/h5-14,19H,4,15-18,20H2,1-3H3,(H,29,32). The van der Waals surface area contributed by atoms with Gasteiger partial charge in [0.25, 0.3) is 10.0 Å². The van der Waals surface area contributed by atoms with Gasteiger partial charge in [-0.3, -0.25) is 9.10 Å². The van der Waals surface area contributed by atoms with Crippen molar-refractivity contribution in [2.75, 3.05) is 56.2 Å². The molecule has 0 spiro atoms. The molecule has 1 N–H and O–H groups in total. The van der Waals surface area contributed by atoms with E-state index >= 15 is 0 Å². The summed E-state index contributed by atoms with van der Waals surface area (Å²) < 4.78 is 72.7. The van der Waals surface area contributed by atoms with E-state index in [9.17, 15) is 21.6 Å². The number of hydrogen-bond donors (Lipinski definition) is 1. The van der Waals surface area contributed by atoms with Gasteiger partial charge in [0.15, 0.2) is 0 Å². The number of anilines is 2. The SMILES string of the molecule is CCOc1ccccc1N(CC(=O)Nc1cc(S(=O)(=O)N2CCOCC2)ccc1OC)S(=O)(=O)c1ccc(C)cc1. The van der Waals surface area contributed by atoms with Crippen molar-refractivity contribution >= 4 is 37.3 Å². The number of benzene rings is 3. The molecule has 1 aliphatic rings. The summed E-state index contributed by atoms with van der Waals surface area (Å²) in [7, 11) is -6.69. The molecule has 1 amide bonds. The molecular weight excluding hydrogens is 570 g/mol. The van der Waals surface area contributed by atoms with Gasteiger partial charge in [-0.25, -0.2) is 16.8 Å². The Kier molecular flexibility index (Phi) is 9.53. The van der Waals surface area contributed by atoms with Crippen LogP contribution in [0.1, 0.15) is 12.5 Å². The molecule has 3 aromatic carbocycles. The van der Waals surface area contributed by atoms with E-state index in [4.69, 9.17) is 14.2 Å². The van der Waals surface area contributed by atoms with Crippen molar-refractivity contribution in [2.45, 2.75) is 23.6 Å². The third-order valence-electron chi connectivity index (χ3n) is 6.38. The first-order chi connectivity index (χ1) is 19.6. The first-order valence-electron chi connectivity index (χ1n) is 12.9. The Labute approximate surface area is 240 Å². The normalized spacial score (nSPS) is 14.3. The van der Waals surface area contributed by atoms with Crippen molar-refractivity contribution in [1.29, 1.82) is 0 Å². The highest BCUT2D eigenvalue weighted by Crippen LogP contribution is 2.33. The summed E-state index contributed by atoms with van der Waals surface area (Å²) in [6.45, 7) is 4.26. The van der Waals surface area contributed by atoms with Gasteiger partial charge in [0, 0.05) is 13.1 Å². The van der Waals surface area contributed by atoms with Crippen molar-refractivity contribution in [3.05, 3.63) is 72.3 Å². The fourth-order valence-electron chi connectivity index (χ4n) is 4.28. The van der Waals surface area contributed by atoms with Crippen LogP contribution in [0.25, 0.3) is 0 Å². The maximum absolute atomic E-state index is 13.8. The number of carbonyl (C=O) groups is 1. The topological polar surface area (TPSA) is 132 Å². The number of nitrogens with zero attached hydrogens (tertiary/aromatic N) is 2. The Morgan fingerprint density at radius 1 is 0.951 bits per heavy atom. The number of ether oxygens (including phenoxy) is 3. The molecule has 1 saturated heterocycles. The molecule has 1 aliphatic heterocycles. The zero-order valence-corrected chi connectivity index (χ0v) is 24.7. The van der Waals surface area contributed by atoms with Gasteiger partial charge >= 0.3 is 0 Å². The summed E-state index contributed by atoms with van der Waals surface area (Å²) in [6.07, 6.45) is 0. The lowest BCUT2D eigenvalue weighted by Gasteiger charge is -2.27. The molecule has 220 valence electrons. The maximum atomic E-state index is 13.8. The minimum atomic E-state index is -4.21. The van der Waals surface area contributed by atoms with Gasteiger partial charge in [0.1, 0.15) is 18.0 Å². The van der Waals surface area contributed by atoms with Crippen LogP contribution in [0.4, 0.5) is 11.4 Å². The number of methoxy groups -OCH3 is 1. The Bertz CT molecular complexity index is 1590. The first kappa shape index (κ1) is 30.3. The van der Waals surface area contributed by atoms with Crippen molar-refractivity contribution in [3.63, 3.8) is 0 Å². The predicted octanol–water partition coefficient (Wildman–Crippen LogP) is 3.26. The zero-order valence-electron chi connectivity index (χ0n) is 23.1. The number of para-hydroxylation sites is 2. The Morgan fingerprint density at radius 2 is 1.61 bits per heavy atom. The summed E-state index contributed by atoms with van der Waals surface area (Å²) in [4.78, 5) is 13.4. The molecule has 41 heavy (non-hydrogen) atoms. The predicted molar refractivity (Wildman–Crippen MR) is 155 cm³/mol. The highest BCUT2D eigenvalue weighted by molar-refractivity contribution is 7.93. The van der Waals surface area contributed by atoms with Crippen LogP contribution in [-0.4, -0.2) is 73.6 Å². The van der Waals surface area contributed by atoms with E-state index < -0.39 is 32.5 Å². The second kappa shape index (κ2) is 12.9. The lowest BCUT2D eigenvalue weighted by Crippen LogP contribution is -2.40. The number of carbonyl (C=O) groups excluding carboxylic acids is 1. The van der Waals surface area contributed by atoms with Crippen LogP contribution in [0.3, 0.4) is 0 Å². The van der Waals surface area contributed by atoms with Gasteiger partial charge in [-0.15, -0.1) is 0 Å². The Morgan fingerprint density at radius 3 is 2.27 bits per heavy atom. The summed E-state index contributed by atoms with van der Waals surface area (Å²) >= 11 is 0.